The second kappa shape index (κ2) is 19.2. The average Bonchev–Trinajstić information content (AvgIpc) is 2.88. The van der Waals surface area contributed by atoms with E-state index in [-0.39, 0.29) is 0 Å². The summed E-state index contributed by atoms with van der Waals surface area (Å²) in [5.41, 5.74) is 4.90. The second-order valence-corrected chi connectivity index (χ2v) is 11.4. The predicted octanol–water partition coefficient (Wildman–Crippen LogP) is 10.7. The third-order valence-corrected chi connectivity index (χ3v) is 7.97. The number of amides is 1. The Kier molecular flexibility index (Phi) is 16.2. The molecule has 0 atom stereocenters. The lowest BCUT2D eigenvalue weighted by Gasteiger charge is -2.13. The Hall–Kier alpha value is -1.94. The summed E-state index contributed by atoms with van der Waals surface area (Å²) in [4.78, 5) is 13.7. The van der Waals surface area contributed by atoms with Gasteiger partial charge in [-0.15, -0.1) is 0 Å². The van der Waals surface area contributed by atoms with E-state index in [1.807, 2.05) is 12.1 Å². The normalized spacial score (nSPS) is 11.0. The minimum Gasteiger partial charge on any atom is -0.409 e. The number of carbonyl (C=O) groups excluding carboxylic acids is 1. The van der Waals surface area contributed by atoms with E-state index in [9.17, 15) is 4.79 Å². The monoisotopic (exact) mass is 525 g/mol. The fourth-order valence-electron chi connectivity index (χ4n) is 4.77. The summed E-state index contributed by atoms with van der Waals surface area (Å²) >= 11 is 1.32. The molecule has 0 spiro atoms. The van der Waals surface area contributed by atoms with Gasteiger partial charge >= 0.3 is 6.09 Å². The van der Waals surface area contributed by atoms with Gasteiger partial charge in [0.25, 0.3) is 0 Å². The largest absolute Gasteiger partial charge is 0.422 e. The van der Waals surface area contributed by atoms with Crippen LogP contribution < -0.4 is 9.46 Å². The molecule has 2 aromatic carbocycles. The average molecular weight is 526 g/mol. The van der Waals surface area contributed by atoms with Crippen molar-refractivity contribution in [2.75, 3.05) is 0 Å². The van der Waals surface area contributed by atoms with Gasteiger partial charge in [-0.25, -0.2) is 4.79 Å². The Morgan fingerprint density at radius 2 is 1.32 bits per heavy atom. The first-order valence-corrected chi connectivity index (χ1v) is 15.7. The van der Waals surface area contributed by atoms with E-state index in [2.05, 4.69) is 56.7 Å². The number of rotatable bonds is 19. The SMILES string of the molecule is CCCCCCCCCc1ccc(OC(=O)NSc2ccc(C)cc2C)c(CCCCCCCCC)c1. The van der Waals surface area contributed by atoms with Crippen LogP contribution in [-0.2, 0) is 12.8 Å². The summed E-state index contributed by atoms with van der Waals surface area (Å²) in [6.45, 7) is 8.67. The molecule has 0 radical (unpaired) electrons. The maximum atomic E-state index is 12.6. The molecule has 0 aliphatic rings. The van der Waals surface area contributed by atoms with Crippen molar-refractivity contribution in [2.24, 2.45) is 0 Å². The lowest BCUT2D eigenvalue weighted by molar-refractivity contribution is 0.207. The number of benzene rings is 2. The zero-order chi connectivity index (χ0) is 26.7. The standard InChI is InChI=1S/C33H51NO2S/c1-5-7-9-11-13-15-17-19-29-22-23-31(30(26-29)20-18-16-14-12-10-8-6-2)36-33(35)34-37-32-24-21-27(3)25-28(32)4/h21-26H,5-20H2,1-4H3,(H,34,35). The molecule has 37 heavy (non-hydrogen) atoms. The van der Waals surface area contributed by atoms with Gasteiger partial charge in [-0.05, 0) is 80.3 Å². The summed E-state index contributed by atoms with van der Waals surface area (Å²) in [6, 6.07) is 12.7. The summed E-state index contributed by atoms with van der Waals surface area (Å²) in [5.74, 6) is 0.702. The predicted molar refractivity (Wildman–Crippen MR) is 161 cm³/mol. The summed E-state index contributed by atoms with van der Waals surface area (Å²) in [7, 11) is 0. The zero-order valence-electron chi connectivity index (χ0n) is 24.0. The van der Waals surface area contributed by atoms with Crippen molar-refractivity contribution in [1.29, 1.82) is 0 Å². The molecule has 0 aliphatic heterocycles. The smallest absolute Gasteiger partial charge is 0.409 e. The number of carbonyl (C=O) groups is 1. The highest BCUT2D eigenvalue weighted by molar-refractivity contribution is 7.98. The van der Waals surface area contributed by atoms with Gasteiger partial charge in [0.1, 0.15) is 5.75 Å². The number of unbranched alkanes of at least 4 members (excludes halogenated alkanes) is 12. The van der Waals surface area contributed by atoms with Gasteiger partial charge in [0.2, 0.25) is 0 Å². The van der Waals surface area contributed by atoms with Crippen molar-refractivity contribution in [3.8, 4) is 5.75 Å². The van der Waals surface area contributed by atoms with Crippen molar-refractivity contribution in [1.82, 2.24) is 4.72 Å². The van der Waals surface area contributed by atoms with Crippen molar-refractivity contribution < 1.29 is 9.53 Å². The number of hydrogen-bond acceptors (Lipinski definition) is 3. The van der Waals surface area contributed by atoms with Crippen molar-refractivity contribution in [3.63, 3.8) is 0 Å². The Labute approximate surface area is 231 Å². The van der Waals surface area contributed by atoms with Crippen LogP contribution in [0.5, 0.6) is 5.75 Å². The molecule has 1 amide bonds. The Morgan fingerprint density at radius 1 is 0.730 bits per heavy atom. The molecule has 0 heterocycles. The van der Waals surface area contributed by atoms with Crippen molar-refractivity contribution >= 4 is 18.0 Å². The van der Waals surface area contributed by atoms with Crippen molar-refractivity contribution in [2.45, 2.75) is 135 Å². The second-order valence-electron chi connectivity index (χ2n) is 10.5. The Balaban J connectivity index is 1.91. The molecule has 206 valence electrons. The summed E-state index contributed by atoms with van der Waals surface area (Å²) < 4.78 is 8.67. The Morgan fingerprint density at radius 3 is 1.95 bits per heavy atom. The quantitative estimate of drug-likeness (QED) is 0.146. The van der Waals surface area contributed by atoms with Gasteiger partial charge in [0.15, 0.2) is 0 Å². The maximum Gasteiger partial charge on any atom is 0.422 e. The lowest BCUT2D eigenvalue weighted by atomic mass is 9.99. The number of ether oxygens (including phenoxy) is 1. The highest BCUT2D eigenvalue weighted by Crippen LogP contribution is 2.26. The number of hydrogen-bond donors (Lipinski definition) is 1. The molecule has 0 saturated heterocycles. The van der Waals surface area contributed by atoms with Crippen LogP contribution in [0.2, 0.25) is 0 Å². The van der Waals surface area contributed by atoms with Gasteiger partial charge in [-0.3, -0.25) is 4.72 Å². The fourth-order valence-corrected chi connectivity index (χ4v) is 5.36. The van der Waals surface area contributed by atoms with E-state index in [4.69, 9.17) is 4.74 Å². The molecular formula is C33H51NO2S. The van der Waals surface area contributed by atoms with Crippen LogP contribution in [0.1, 0.15) is 126 Å². The van der Waals surface area contributed by atoms with Crippen LogP contribution in [0.15, 0.2) is 41.3 Å². The van der Waals surface area contributed by atoms with Crippen LogP contribution in [0.3, 0.4) is 0 Å². The fraction of sp³-hybridized carbons (Fsp3) is 0.606. The van der Waals surface area contributed by atoms with E-state index in [1.165, 1.54) is 112 Å². The molecule has 1 N–H and O–H groups in total. The highest BCUT2D eigenvalue weighted by atomic mass is 32.2. The Bertz CT molecular complexity index is 911. The van der Waals surface area contributed by atoms with Crippen LogP contribution in [0.4, 0.5) is 4.79 Å². The molecule has 0 bridgehead atoms. The lowest BCUT2D eigenvalue weighted by Crippen LogP contribution is -2.21. The molecule has 0 aliphatic carbocycles. The molecule has 2 aromatic rings. The molecule has 4 heteroatoms. The first-order chi connectivity index (χ1) is 18.0. The van der Waals surface area contributed by atoms with E-state index >= 15 is 0 Å². The first kappa shape index (κ1) is 31.3. The van der Waals surface area contributed by atoms with Gasteiger partial charge in [-0.1, -0.05) is 121 Å². The van der Waals surface area contributed by atoms with Crippen LogP contribution in [-0.4, -0.2) is 6.09 Å². The molecule has 0 aromatic heterocycles. The molecule has 0 fully saturated rings. The van der Waals surface area contributed by atoms with Crippen LogP contribution >= 0.6 is 11.9 Å². The topological polar surface area (TPSA) is 38.3 Å². The van der Waals surface area contributed by atoms with Crippen molar-refractivity contribution in [3.05, 3.63) is 58.7 Å². The zero-order valence-corrected chi connectivity index (χ0v) is 24.8. The third kappa shape index (κ3) is 13.4. The van der Waals surface area contributed by atoms with Gasteiger partial charge in [0, 0.05) is 4.90 Å². The third-order valence-electron chi connectivity index (χ3n) is 7.02. The number of aryl methyl sites for hydroxylation is 4. The maximum absolute atomic E-state index is 12.6. The first-order valence-electron chi connectivity index (χ1n) is 14.9. The molecule has 2 rings (SSSR count). The van der Waals surface area contributed by atoms with Gasteiger partial charge < -0.3 is 4.74 Å². The molecule has 0 saturated carbocycles. The van der Waals surface area contributed by atoms with E-state index in [0.29, 0.717) is 5.75 Å². The van der Waals surface area contributed by atoms with Crippen LogP contribution in [0, 0.1) is 13.8 Å². The van der Waals surface area contributed by atoms with Gasteiger partial charge in [-0.2, -0.15) is 0 Å². The summed E-state index contributed by atoms with van der Waals surface area (Å²) in [5, 5.41) is 0. The molecular weight excluding hydrogens is 474 g/mol. The summed E-state index contributed by atoms with van der Waals surface area (Å²) in [6.07, 6.45) is 19.9. The van der Waals surface area contributed by atoms with E-state index < -0.39 is 6.09 Å². The molecule has 3 nitrogen and oxygen atoms in total. The van der Waals surface area contributed by atoms with Crippen LogP contribution in [0.25, 0.3) is 0 Å². The van der Waals surface area contributed by atoms with E-state index in [1.54, 1.807) is 0 Å². The molecule has 0 unspecified atom stereocenters. The minimum absolute atomic E-state index is 0.411. The number of nitrogens with one attached hydrogen (secondary N) is 1. The van der Waals surface area contributed by atoms with E-state index in [0.717, 1.165) is 29.7 Å². The minimum atomic E-state index is -0.411. The van der Waals surface area contributed by atoms with Gasteiger partial charge in [0.05, 0.1) is 0 Å². The highest BCUT2D eigenvalue weighted by Gasteiger charge is 2.12.